The van der Waals surface area contributed by atoms with E-state index in [1.54, 1.807) is 18.3 Å². The molecule has 0 spiro atoms. The van der Waals surface area contributed by atoms with E-state index >= 15 is 0 Å². The van der Waals surface area contributed by atoms with Gasteiger partial charge in [-0.1, -0.05) is 0 Å². The first-order valence-electron chi connectivity index (χ1n) is 5.73. The minimum Gasteiger partial charge on any atom is -0.497 e. The molecule has 0 bridgehead atoms. The van der Waals surface area contributed by atoms with Gasteiger partial charge in [-0.3, -0.25) is 5.73 Å². The van der Waals surface area contributed by atoms with Crippen molar-refractivity contribution in [1.29, 1.82) is 0 Å². The van der Waals surface area contributed by atoms with Crippen molar-refractivity contribution in [3.63, 3.8) is 0 Å². The first-order valence-corrected chi connectivity index (χ1v) is 7.62. The first kappa shape index (κ1) is 14.4. The number of methoxy groups -OCH3 is 1. The molecule has 0 amide bonds. The highest BCUT2D eigenvalue weighted by atomic mass is 32.2. The molecule has 1 aliphatic heterocycles. The summed E-state index contributed by atoms with van der Waals surface area (Å²) in [6, 6.07) is 4.48. The van der Waals surface area contributed by atoms with Crippen LogP contribution in [0.4, 0.5) is 0 Å². The second-order valence-electron chi connectivity index (χ2n) is 4.45. The standard InChI is InChI=1S/C12H16N4O3S/c1-19-9-5-8(6-10(7-9)20(2,17)18)12(14)15-4-3-11(13)16-12/h3-7,15H,14H2,1-2H3,(H2,13,16). The van der Waals surface area contributed by atoms with Gasteiger partial charge in [0, 0.05) is 18.0 Å². The van der Waals surface area contributed by atoms with Gasteiger partial charge in [-0.25, -0.2) is 13.4 Å². The van der Waals surface area contributed by atoms with Crippen LogP contribution in [0.1, 0.15) is 5.56 Å². The second-order valence-corrected chi connectivity index (χ2v) is 6.47. The monoisotopic (exact) mass is 296 g/mol. The third-order valence-corrected chi connectivity index (χ3v) is 3.94. The van der Waals surface area contributed by atoms with Gasteiger partial charge in [0.2, 0.25) is 5.79 Å². The minimum atomic E-state index is -3.40. The fraction of sp³-hybridized carbons (Fsp3) is 0.250. The van der Waals surface area contributed by atoms with Crippen LogP contribution in [0, 0.1) is 0 Å². The van der Waals surface area contributed by atoms with Crippen molar-refractivity contribution in [3.8, 4) is 5.75 Å². The average Bonchev–Trinajstić information content (AvgIpc) is 2.37. The minimum absolute atomic E-state index is 0.0989. The Morgan fingerprint density at radius 3 is 2.60 bits per heavy atom. The van der Waals surface area contributed by atoms with Gasteiger partial charge in [0.1, 0.15) is 11.6 Å². The summed E-state index contributed by atoms with van der Waals surface area (Å²) in [5.41, 5.74) is 12.2. The highest BCUT2D eigenvalue weighted by molar-refractivity contribution is 7.90. The molecule has 1 unspecified atom stereocenters. The lowest BCUT2D eigenvalue weighted by atomic mass is 10.1. The molecule has 2 rings (SSSR count). The van der Waals surface area contributed by atoms with E-state index in [1.807, 2.05) is 0 Å². The van der Waals surface area contributed by atoms with Gasteiger partial charge in [0.05, 0.1) is 12.0 Å². The van der Waals surface area contributed by atoms with Crippen LogP contribution >= 0.6 is 0 Å². The van der Waals surface area contributed by atoms with Crippen molar-refractivity contribution >= 4 is 15.7 Å². The molecule has 0 saturated carbocycles. The second kappa shape index (κ2) is 4.80. The van der Waals surface area contributed by atoms with Crippen molar-refractivity contribution < 1.29 is 13.2 Å². The maximum absolute atomic E-state index is 11.7. The zero-order valence-corrected chi connectivity index (χ0v) is 11.9. The predicted octanol–water partition coefficient (Wildman–Crippen LogP) is -0.358. The van der Waals surface area contributed by atoms with E-state index in [0.29, 0.717) is 11.3 Å². The van der Waals surface area contributed by atoms with Crippen molar-refractivity contribution in [1.82, 2.24) is 5.32 Å². The highest BCUT2D eigenvalue weighted by Gasteiger charge is 2.29. The Hall–Kier alpha value is -2.06. The highest BCUT2D eigenvalue weighted by Crippen LogP contribution is 2.27. The van der Waals surface area contributed by atoms with E-state index in [9.17, 15) is 8.42 Å². The third kappa shape index (κ3) is 2.75. The number of ether oxygens (including phenoxy) is 1. The number of nitrogens with one attached hydrogen (secondary N) is 1. The van der Waals surface area contributed by atoms with Crippen LogP contribution in [0.25, 0.3) is 0 Å². The van der Waals surface area contributed by atoms with Crippen molar-refractivity contribution in [2.75, 3.05) is 13.4 Å². The lowest BCUT2D eigenvalue weighted by Crippen LogP contribution is -2.49. The number of sulfone groups is 1. The quantitative estimate of drug-likeness (QED) is 0.701. The molecule has 0 saturated heterocycles. The largest absolute Gasteiger partial charge is 0.497 e. The molecule has 1 aromatic carbocycles. The molecule has 0 aliphatic carbocycles. The van der Waals surface area contributed by atoms with Crippen LogP contribution in [-0.4, -0.2) is 27.6 Å². The molecule has 1 atom stereocenters. The number of amidine groups is 1. The van der Waals surface area contributed by atoms with E-state index in [1.165, 1.54) is 19.2 Å². The lowest BCUT2D eigenvalue weighted by molar-refractivity contribution is 0.392. The summed E-state index contributed by atoms with van der Waals surface area (Å²) in [5, 5.41) is 2.85. The average molecular weight is 296 g/mol. The summed E-state index contributed by atoms with van der Waals surface area (Å²) in [6.45, 7) is 0. The summed E-state index contributed by atoms with van der Waals surface area (Å²) >= 11 is 0. The maximum Gasteiger partial charge on any atom is 0.211 e. The van der Waals surface area contributed by atoms with Gasteiger partial charge >= 0.3 is 0 Å². The Morgan fingerprint density at radius 1 is 1.35 bits per heavy atom. The molecule has 20 heavy (non-hydrogen) atoms. The fourth-order valence-electron chi connectivity index (χ4n) is 1.80. The maximum atomic E-state index is 11.7. The molecule has 8 heteroatoms. The van der Waals surface area contributed by atoms with Crippen molar-refractivity contribution in [2.24, 2.45) is 16.5 Å². The zero-order chi connectivity index (χ0) is 15.0. The van der Waals surface area contributed by atoms with Crippen LogP contribution in [0.15, 0.2) is 40.4 Å². The Morgan fingerprint density at radius 2 is 2.05 bits per heavy atom. The molecule has 5 N–H and O–H groups in total. The lowest BCUT2D eigenvalue weighted by Gasteiger charge is -2.29. The number of rotatable bonds is 3. The molecule has 7 nitrogen and oxygen atoms in total. The Balaban J connectivity index is 2.60. The molecular formula is C12H16N4O3S. The van der Waals surface area contributed by atoms with Gasteiger partial charge in [0.25, 0.3) is 0 Å². The third-order valence-electron chi connectivity index (χ3n) is 2.85. The van der Waals surface area contributed by atoms with Gasteiger partial charge < -0.3 is 15.8 Å². The Kier molecular flexibility index (Phi) is 3.45. The van der Waals surface area contributed by atoms with Gasteiger partial charge in [0.15, 0.2) is 9.84 Å². The molecule has 0 radical (unpaired) electrons. The number of nitrogens with zero attached hydrogens (tertiary/aromatic N) is 1. The normalized spacial score (nSPS) is 22.1. The smallest absolute Gasteiger partial charge is 0.211 e. The Labute approximate surface area is 117 Å². The number of hydrogen-bond donors (Lipinski definition) is 3. The molecular weight excluding hydrogens is 280 g/mol. The number of aliphatic imine (C=N–C) groups is 1. The van der Waals surface area contributed by atoms with E-state index in [-0.39, 0.29) is 10.7 Å². The molecule has 0 aromatic heterocycles. The van der Waals surface area contributed by atoms with Gasteiger partial charge in [-0.2, -0.15) is 0 Å². The van der Waals surface area contributed by atoms with Crippen LogP contribution < -0.4 is 21.5 Å². The topological polar surface area (TPSA) is 120 Å². The van der Waals surface area contributed by atoms with E-state index in [4.69, 9.17) is 16.2 Å². The van der Waals surface area contributed by atoms with Gasteiger partial charge in [-0.05, 0) is 24.3 Å². The van der Waals surface area contributed by atoms with Gasteiger partial charge in [-0.15, -0.1) is 0 Å². The fourth-order valence-corrected chi connectivity index (χ4v) is 2.47. The zero-order valence-electron chi connectivity index (χ0n) is 11.1. The molecule has 1 heterocycles. The van der Waals surface area contributed by atoms with E-state index < -0.39 is 15.6 Å². The summed E-state index contributed by atoms with van der Waals surface area (Å²) < 4.78 is 28.5. The summed E-state index contributed by atoms with van der Waals surface area (Å²) in [6.07, 6.45) is 4.23. The van der Waals surface area contributed by atoms with Crippen molar-refractivity contribution in [3.05, 3.63) is 36.0 Å². The Bertz CT molecular complexity index is 697. The number of nitrogens with two attached hydrogens (primary N) is 2. The first-order chi connectivity index (χ1) is 9.24. The van der Waals surface area contributed by atoms with Crippen LogP contribution in [0.5, 0.6) is 5.75 Å². The van der Waals surface area contributed by atoms with Crippen LogP contribution in [0.3, 0.4) is 0 Å². The SMILES string of the molecule is COc1cc(C2(N)N=C(N)C=CN2)cc(S(C)(=O)=O)c1. The van der Waals surface area contributed by atoms with E-state index in [0.717, 1.165) is 6.26 Å². The number of benzene rings is 1. The molecule has 108 valence electrons. The van der Waals surface area contributed by atoms with Crippen molar-refractivity contribution in [2.45, 2.75) is 10.7 Å². The van der Waals surface area contributed by atoms with Crippen LogP contribution in [0.2, 0.25) is 0 Å². The summed E-state index contributed by atoms with van der Waals surface area (Å²) in [4.78, 5) is 4.21. The number of hydrogen-bond acceptors (Lipinski definition) is 7. The molecule has 0 fully saturated rings. The van der Waals surface area contributed by atoms with Crippen LogP contribution in [-0.2, 0) is 15.6 Å². The molecule has 1 aromatic rings. The molecule has 1 aliphatic rings. The summed E-state index contributed by atoms with van der Waals surface area (Å²) in [5.74, 6) is -0.708. The predicted molar refractivity (Wildman–Crippen MR) is 75.9 cm³/mol. The van der Waals surface area contributed by atoms with E-state index in [2.05, 4.69) is 10.3 Å². The summed E-state index contributed by atoms with van der Waals surface area (Å²) in [7, 11) is -1.95.